The molecule has 0 unspecified atom stereocenters. The van der Waals surface area contributed by atoms with Gasteiger partial charge in [0.15, 0.2) is 0 Å². The molecule has 7 heteroatoms. The average Bonchev–Trinajstić information content (AvgIpc) is 2.34. The maximum atomic E-state index is 11.6. The van der Waals surface area contributed by atoms with E-state index in [0.29, 0.717) is 6.42 Å². The van der Waals surface area contributed by atoms with Gasteiger partial charge in [-0.05, 0) is 24.1 Å². The Labute approximate surface area is 105 Å². The minimum atomic E-state index is -3.66. The Hall–Kier alpha value is -1.91. The number of rotatable bonds is 6. The van der Waals surface area contributed by atoms with Crippen LogP contribution < -0.4 is 4.72 Å². The second-order valence-electron chi connectivity index (χ2n) is 3.52. The molecule has 0 atom stereocenters. The Kier molecular flexibility index (Phi) is 4.83. The summed E-state index contributed by atoms with van der Waals surface area (Å²) < 4.78 is 25.3. The van der Waals surface area contributed by atoms with Crippen LogP contribution in [0.3, 0.4) is 0 Å². The number of carboxylic acid groups (broad SMARTS) is 1. The molecule has 0 radical (unpaired) electrons. The van der Waals surface area contributed by atoms with E-state index < -0.39 is 16.0 Å². The Morgan fingerprint density at radius 2 is 1.94 bits per heavy atom. The number of nitrogens with zero attached hydrogens (tertiary/aromatic N) is 1. The van der Waals surface area contributed by atoms with Crippen LogP contribution in [0.25, 0.3) is 0 Å². The summed E-state index contributed by atoms with van der Waals surface area (Å²) in [6.07, 6.45) is 0.347. The van der Waals surface area contributed by atoms with Gasteiger partial charge in [-0.1, -0.05) is 12.1 Å². The van der Waals surface area contributed by atoms with Crippen molar-refractivity contribution >= 4 is 16.0 Å². The summed E-state index contributed by atoms with van der Waals surface area (Å²) in [5.41, 5.74) is 0.747. The van der Waals surface area contributed by atoms with Gasteiger partial charge in [-0.25, -0.2) is 8.42 Å². The zero-order chi connectivity index (χ0) is 13.6. The molecule has 0 fully saturated rings. The average molecular weight is 268 g/mol. The van der Waals surface area contributed by atoms with Crippen molar-refractivity contribution in [1.82, 2.24) is 4.72 Å². The molecule has 0 amide bonds. The van der Waals surface area contributed by atoms with Crippen molar-refractivity contribution in [2.24, 2.45) is 0 Å². The number of sulfonamides is 1. The van der Waals surface area contributed by atoms with Gasteiger partial charge in [-0.15, -0.1) is 0 Å². The zero-order valence-corrected chi connectivity index (χ0v) is 10.3. The highest BCUT2D eigenvalue weighted by Crippen LogP contribution is 2.11. The van der Waals surface area contributed by atoms with E-state index >= 15 is 0 Å². The lowest BCUT2D eigenvalue weighted by Crippen LogP contribution is -2.23. The number of hydrogen-bond donors (Lipinski definition) is 2. The number of hydrogen-bond acceptors (Lipinski definition) is 4. The van der Waals surface area contributed by atoms with Crippen LogP contribution in [-0.2, 0) is 21.2 Å². The molecule has 0 aliphatic rings. The SMILES string of the molecule is N#CCNS(=O)(=O)c1ccc(CCC(=O)O)cc1. The van der Waals surface area contributed by atoms with Crippen LogP contribution in [-0.4, -0.2) is 26.0 Å². The molecule has 2 N–H and O–H groups in total. The molecule has 0 spiro atoms. The molecule has 1 rings (SSSR count). The first-order chi connectivity index (χ1) is 8.45. The molecule has 18 heavy (non-hydrogen) atoms. The lowest BCUT2D eigenvalue weighted by Gasteiger charge is -2.04. The summed E-state index contributed by atoms with van der Waals surface area (Å²) in [6.45, 7) is -0.289. The number of nitriles is 1. The van der Waals surface area contributed by atoms with E-state index in [-0.39, 0.29) is 17.9 Å². The van der Waals surface area contributed by atoms with Gasteiger partial charge in [0, 0.05) is 6.42 Å². The number of carbonyl (C=O) groups is 1. The molecule has 0 aromatic heterocycles. The van der Waals surface area contributed by atoms with Crippen LogP contribution in [0.2, 0.25) is 0 Å². The highest BCUT2D eigenvalue weighted by atomic mass is 32.2. The standard InChI is InChI=1S/C11H12N2O4S/c12-7-8-13-18(16,17)10-4-1-9(2-5-10)3-6-11(14)15/h1-2,4-5,13H,3,6,8H2,(H,14,15). The predicted octanol–water partition coefficient (Wildman–Crippen LogP) is 0.506. The van der Waals surface area contributed by atoms with Crippen LogP contribution >= 0.6 is 0 Å². The Morgan fingerprint density at radius 1 is 1.33 bits per heavy atom. The van der Waals surface area contributed by atoms with Gasteiger partial charge in [0.25, 0.3) is 0 Å². The quantitative estimate of drug-likeness (QED) is 0.731. The topological polar surface area (TPSA) is 107 Å². The number of aliphatic carboxylic acids is 1. The number of benzene rings is 1. The molecule has 0 aliphatic carbocycles. The second kappa shape index (κ2) is 6.14. The zero-order valence-electron chi connectivity index (χ0n) is 9.46. The molecule has 0 saturated heterocycles. The van der Waals surface area contributed by atoms with Gasteiger partial charge in [-0.3, -0.25) is 4.79 Å². The monoisotopic (exact) mass is 268 g/mol. The van der Waals surface area contributed by atoms with E-state index in [2.05, 4.69) is 4.72 Å². The van der Waals surface area contributed by atoms with Crippen molar-refractivity contribution in [3.8, 4) is 6.07 Å². The predicted molar refractivity (Wildman–Crippen MR) is 63.2 cm³/mol. The van der Waals surface area contributed by atoms with Gasteiger partial charge in [0.2, 0.25) is 10.0 Å². The summed E-state index contributed by atoms with van der Waals surface area (Å²) in [7, 11) is -3.66. The van der Waals surface area contributed by atoms with Gasteiger partial charge in [-0.2, -0.15) is 9.98 Å². The van der Waals surface area contributed by atoms with E-state index in [1.807, 2.05) is 0 Å². The Bertz CT molecular complexity index is 558. The third kappa shape index (κ3) is 4.16. The fraction of sp³-hybridized carbons (Fsp3) is 0.273. The van der Waals surface area contributed by atoms with E-state index in [9.17, 15) is 13.2 Å². The van der Waals surface area contributed by atoms with Crippen molar-refractivity contribution in [3.63, 3.8) is 0 Å². The summed E-state index contributed by atoms with van der Waals surface area (Å²) in [5, 5.41) is 16.8. The minimum Gasteiger partial charge on any atom is -0.481 e. The molecule has 0 bridgehead atoms. The van der Waals surface area contributed by atoms with E-state index in [4.69, 9.17) is 10.4 Å². The third-order valence-electron chi connectivity index (χ3n) is 2.20. The summed E-state index contributed by atoms with van der Waals surface area (Å²) in [4.78, 5) is 10.4. The number of aryl methyl sites for hydroxylation is 1. The molecular formula is C11H12N2O4S. The molecule has 0 aliphatic heterocycles. The Balaban J connectivity index is 2.77. The first-order valence-electron chi connectivity index (χ1n) is 5.13. The van der Waals surface area contributed by atoms with Crippen LogP contribution in [0, 0.1) is 11.3 Å². The molecule has 0 saturated carbocycles. The van der Waals surface area contributed by atoms with Crippen molar-refractivity contribution in [2.75, 3.05) is 6.54 Å². The molecule has 1 aromatic rings. The van der Waals surface area contributed by atoms with E-state index in [1.54, 1.807) is 18.2 Å². The van der Waals surface area contributed by atoms with Crippen LogP contribution in [0.4, 0.5) is 0 Å². The van der Waals surface area contributed by atoms with Crippen LogP contribution in [0.5, 0.6) is 0 Å². The molecular weight excluding hydrogens is 256 g/mol. The fourth-order valence-electron chi connectivity index (χ4n) is 1.30. The maximum absolute atomic E-state index is 11.6. The molecule has 0 heterocycles. The molecule has 1 aromatic carbocycles. The van der Waals surface area contributed by atoms with Gasteiger partial charge < -0.3 is 5.11 Å². The first kappa shape index (κ1) is 14.2. The lowest BCUT2D eigenvalue weighted by molar-refractivity contribution is -0.136. The van der Waals surface area contributed by atoms with Crippen molar-refractivity contribution in [3.05, 3.63) is 29.8 Å². The van der Waals surface area contributed by atoms with Crippen molar-refractivity contribution < 1.29 is 18.3 Å². The molecule has 6 nitrogen and oxygen atoms in total. The first-order valence-corrected chi connectivity index (χ1v) is 6.61. The highest BCUT2D eigenvalue weighted by molar-refractivity contribution is 7.89. The maximum Gasteiger partial charge on any atom is 0.303 e. The smallest absolute Gasteiger partial charge is 0.303 e. The summed E-state index contributed by atoms with van der Waals surface area (Å²) in [5.74, 6) is -0.901. The largest absolute Gasteiger partial charge is 0.481 e. The Morgan fingerprint density at radius 3 is 2.44 bits per heavy atom. The summed E-state index contributed by atoms with van der Waals surface area (Å²) >= 11 is 0. The number of carboxylic acids is 1. The van der Waals surface area contributed by atoms with Crippen molar-refractivity contribution in [1.29, 1.82) is 5.26 Å². The van der Waals surface area contributed by atoms with Crippen LogP contribution in [0.15, 0.2) is 29.2 Å². The molecule has 96 valence electrons. The highest BCUT2D eigenvalue weighted by Gasteiger charge is 2.12. The second-order valence-corrected chi connectivity index (χ2v) is 5.29. The van der Waals surface area contributed by atoms with Gasteiger partial charge in [0.05, 0.1) is 17.5 Å². The third-order valence-corrected chi connectivity index (χ3v) is 3.62. The van der Waals surface area contributed by atoms with E-state index in [0.717, 1.165) is 5.56 Å². The van der Waals surface area contributed by atoms with Gasteiger partial charge >= 0.3 is 5.97 Å². The minimum absolute atomic E-state index is 0.00121. The lowest BCUT2D eigenvalue weighted by atomic mass is 10.1. The normalized spacial score (nSPS) is 10.8. The van der Waals surface area contributed by atoms with Gasteiger partial charge in [0.1, 0.15) is 0 Å². The van der Waals surface area contributed by atoms with Crippen molar-refractivity contribution in [2.45, 2.75) is 17.7 Å². The summed E-state index contributed by atoms with van der Waals surface area (Å²) in [6, 6.07) is 7.57. The van der Waals surface area contributed by atoms with Crippen LogP contribution in [0.1, 0.15) is 12.0 Å². The van der Waals surface area contributed by atoms with E-state index in [1.165, 1.54) is 12.1 Å². The fourth-order valence-corrected chi connectivity index (χ4v) is 2.21. The number of nitrogens with one attached hydrogen (secondary N) is 1.